The van der Waals surface area contributed by atoms with E-state index in [0.29, 0.717) is 5.82 Å². The van der Waals surface area contributed by atoms with E-state index in [2.05, 4.69) is 66.0 Å². The number of nitrogens with zero attached hydrogens (tertiary/aromatic N) is 4. The second kappa shape index (κ2) is 5.98. The fourth-order valence-corrected chi connectivity index (χ4v) is 3.08. The molecule has 4 aromatic rings. The second-order valence-electron chi connectivity index (χ2n) is 5.98. The van der Waals surface area contributed by atoms with Crippen molar-refractivity contribution in [2.24, 2.45) is 0 Å². The van der Waals surface area contributed by atoms with Crippen molar-refractivity contribution < 1.29 is 0 Å². The molecule has 0 unspecified atom stereocenters. The lowest BCUT2D eigenvalue weighted by Crippen LogP contribution is -1.98. The van der Waals surface area contributed by atoms with Gasteiger partial charge in [-0.2, -0.15) is 4.52 Å². The monoisotopic (exact) mass is 326 g/mol. The predicted molar refractivity (Wildman–Crippen MR) is 101 cm³/mol. The molecule has 0 fully saturated rings. The maximum absolute atomic E-state index is 4.71. The van der Waals surface area contributed by atoms with Crippen LogP contribution in [0.3, 0.4) is 0 Å². The van der Waals surface area contributed by atoms with Crippen molar-refractivity contribution in [1.82, 2.24) is 19.6 Å². The Morgan fingerprint density at radius 1 is 0.920 bits per heavy atom. The largest absolute Gasteiger partial charge is 0.234 e. The number of aromatic nitrogens is 4. The molecule has 4 nitrogen and oxygen atoms in total. The van der Waals surface area contributed by atoms with Crippen LogP contribution in [-0.2, 0) is 0 Å². The summed E-state index contributed by atoms with van der Waals surface area (Å²) in [6.07, 6.45) is 1.72. The molecule has 0 radical (unpaired) electrons. The number of aryl methyl sites for hydroxylation is 1. The van der Waals surface area contributed by atoms with Crippen molar-refractivity contribution in [1.29, 1.82) is 0 Å². The molecule has 0 atom stereocenters. The number of hydrogen-bond donors (Lipinski definition) is 0. The van der Waals surface area contributed by atoms with E-state index >= 15 is 0 Å². The maximum Gasteiger partial charge on any atom is 0.182 e. The van der Waals surface area contributed by atoms with Gasteiger partial charge in [-0.3, -0.25) is 0 Å². The molecule has 0 aliphatic heterocycles. The summed E-state index contributed by atoms with van der Waals surface area (Å²) in [6.45, 7) is 7.82. The van der Waals surface area contributed by atoms with E-state index in [-0.39, 0.29) is 0 Å². The summed E-state index contributed by atoms with van der Waals surface area (Å²) in [5.41, 5.74) is 6.17. The SMILES string of the molecule is C=Cc1cc2nc(-c3cccc(-c4ccccc4)c3C)nn2c(C)n1. The molecular formula is C21H18N4. The Morgan fingerprint density at radius 3 is 2.44 bits per heavy atom. The molecule has 0 aliphatic carbocycles. The quantitative estimate of drug-likeness (QED) is 0.547. The molecule has 2 aromatic heterocycles. The molecule has 0 saturated heterocycles. The summed E-state index contributed by atoms with van der Waals surface area (Å²) in [7, 11) is 0. The third-order valence-electron chi connectivity index (χ3n) is 4.38. The van der Waals surface area contributed by atoms with Crippen LogP contribution < -0.4 is 0 Å². The average Bonchev–Trinajstić information content (AvgIpc) is 3.07. The number of benzene rings is 2. The Morgan fingerprint density at radius 2 is 1.68 bits per heavy atom. The summed E-state index contributed by atoms with van der Waals surface area (Å²) >= 11 is 0. The Hall–Kier alpha value is -3.27. The van der Waals surface area contributed by atoms with Gasteiger partial charge in [0.05, 0.1) is 5.69 Å². The van der Waals surface area contributed by atoms with E-state index in [1.54, 1.807) is 10.6 Å². The van der Waals surface area contributed by atoms with Gasteiger partial charge < -0.3 is 0 Å². The molecule has 2 heterocycles. The van der Waals surface area contributed by atoms with Gasteiger partial charge in [-0.1, -0.05) is 55.1 Å². The van der Waals surface area contributed by atoms with Gasteiger partial charge in [0.25, 0.3) is 0 Å². The number of fused-ring (bicyclic) bond motifs is 1. The van der Waals surface area contributed by atoms with Crippen molar-refractivity contribution in [2.45, 2.75) is 13.8 Å². The molecule has 122 valence electrons. The highest BCUT2D eigenvalue weighted by Crippen LogP contribution is 2.30. The fourth-order valence-electron chi connectivity index (χ4n) is 3.08. The van der Waals surface area contributed by atoms with Gasteiger partial charge in [0.15, 0.2) is 11.5 Å². The lowest BCUT2D eigenvalue weighted by atomic mass is 9.96. The molecule has 4 heteroatoms. The van der Waals surface area contributed by atoms with Gasteiger partial charge >= 0.3 is 0 Å². The zero-order valence-corrected chi connectivity index (χ0v) is 14.3. The van der Waals surface area contributed by atoms with Gasteiger partial charge in [-0.25, -0.2) is 9.97 Å². The minimum Gasteiger partial charge on any atom is -0.234 e. The standard InChI is InChI=1S/C21H18N4/c1-4-17-13-20-23-21(24-25(20)15(3)22-17)19-12-8-11-18(14(19)2)16-9-6-5-7-10-16/h4-13H,1H2,2-3H3. The average molecular weight is 326 g/mol. The molecule has 25 heavy (non-hydrogen) atoms. The van der Waals surface area contributed by atoms with Crippen LogP contribution in [0, 0.1) is 13.8 Å². The Bertz CT molecular complexity index is 1080. The van der Waals surface area contributed by atoms with Crippen LogP contribution in [-0.4, -0.2) is 19.6 Å². The van der Waals surface area contributed by atoms with Crippen molar-refractivity contribution in [3.8, 4) is 22.5 Å². The third kappa shape index (κ3) is 2.62. The van der Waals surface area contributed by atoms with Crippen LogP contribution in [0.5, 0.6) is 0 Å². The first kappa shape index (κ1) is 15.3. The third-order valence-corrected chi connectivity index (χ3v) is 4.38. The lowest BCUT2D eigenvalue weighted by molar-refractivity contribution is 0.863. The zero-order chi connectivity index (χ0) is 17.4. The second-order valence-corrected chi connectivity index (χ2v) is 5.98. The van der Waals surface area contributed by atoms with Crippen LogP contribution in [0.1, 0.15) is 17.1 Å². The summed E-state index contributed by atoms with van der Waals surface area (Å²) in [5.74, 6) is 1.50. The minimum atomic E-state index is 0.710. The topological polar surface area (TPSA) is 43.1 Å². The molecule has 0 aliphatic rings. The van der Waals surface area contributed by atoms with Crippen LogP contribution >= 0.6 is 0 Å². The summed E-state index contributed by atoms with van der Waals surface area (Å²) in [5, 5.41) is 4.66. The molecule has 0 spiro atoms. The highest BCUT2D eigenvalue weighted by molar-refractivity contribution is 5.76. The molecule has 0 N–H and O–H groups in total. The van der Waals surface area contributed by atoms with Crippen LogP contribution in [0.25, 0.3) is 34.2 Å². The van der Waals surface area contributed by atoms with Crippen molar-refractivity contribution in [3.05, 3.63) is 78.3 Å². The minimum absolute atomic E-state index is 0.710. The lowest BCUT2D eigenvalue weighted by Gasteiger charge is -2.09. The Balaban J connectivity index is 1.89. The van der Waals surface area contributed by atoms with Gasteiger partial charge in [0, 0.05) is 11.6 Å². The van der Waals surface area contributed by atoms with E-state index in [4.69, 9.17) is 4.98 Å². The van der Waals surface area contributed by atoms with Crippen LogP contribution in [0.15, 0.2) is 61.2 Å². The normalized spacial score (nSPS) is 11.0. The summed E-state index contributed by atoms with van der Waals surface area (Å²) in [4.78, 5) is 9.17. The first-order valence-electron chi connectivity index (χ1n) is 8.19. The highest BCUT2D eigenvalue weighted by Gasteiger charge is 2.14. The first-order chi connectivity index (χ1) is 12.2. The fraction of sp³-hybridized carbons (Fsp3) is 0.0952. The molecule has 0 amide bonds. The van der Waals surface area contributed by atoms with Crippen molar-refractivity contribution in [2.75, 3.05) is 0 Å². The van der Waals surface area contributed by atoms with E-state index in [9.17, 15) is 0 Å². The molecule has 0 bridgehead atoms. The van der Waals surface area contributed by atoms with E-state index < -0.39 is 0 Å². The van der Waals surface area contributed by atoms with Gasteiger partial charge in [0.2, 0.25) is 0 Å². The van der Waals surface area contributed by atoms with Crippen molar-refractivity contribution >= 4 is 11.7 Å². The van der Waals surface area contributed by atoms with E-state index in [0.717, 1.165) is 22.7 Å². The number of rotatable bonds is 3. The van der Waals surface area contributed by atoms with Crippen molar-refractivity contribution in [3.63, 3.8) is 0 Å². The van der Waals surface area contributed by atoms with Gasteiger partial charge in [-0.15, -0.1) is 5.10 Å². The smallest absolute Gasteiger partial charge is 0.182 e. The molecular weight excluding hydrogens is 308 g/mol. The molecule has 0 saturated carbocycles. The first-order valence-corrected chi connectivity index (χ1v) is 8.19. The highest BCUT2D eigenvalue weighted by atomic mass is 15.3. The van der Waals surface area contributed by atoms with Crippen LogP contribution in [0.2, 0.25) is 0 Å². The molecule has 2 aromatic carbocycles. The predicted octanol–water partition coefficient (Wildman–Crippen LogP) is 4.72. The van der Waals surface area contributed by atoms with Gasteiger partial charge in [0.1, 0.15) is 5.82 Å². The Labute approximate surface area is 146 Å². The van der Waals surface area contributed by atoms with Gasteiger partial charge in [-0.05, 0) is 36.6 Å². The summed E-state index contributed by atoms with van der Waals surface area (Å²) < 4.78 is 1.77. The van der Waals surface area contributed by atoms with E-state index in [1.165, 1.54) is 16.7 Å². The molecule has 4 rings (SSSR count). The Kier molecular flexibility index (Phi) is 3.65. The number of hydrogen-bond acceptors (Lipinski definition) is 3. The summed E-state index contributed by atoms with van der Waals surface area (Å²) in [6, 6.07) is 18.5. The zero-order valence-electron chi connectivity index (χ0n) is 14.3. The maximum atomic E-state index is 4.71. The van der Waals surface area contributed by atoms with Crippen LogP contribution in [0.4, 0.5) is 0 Å². The van der Waals surface area contributed by atoms with E-state index in [1.807, 2.05) is 19.1 Å².